The van der Waals surface area contributed by atoms with Crippen LogP contribution in [0.25, 0.3) is 28.2 Å². The van der Waals surface area contributed by atoms with Gasteiger partial charge < -0.3 is 4.90 Å². The number of anilines is 1. The predicted molar refractivity (Wildman–Crippen MR) is 116 cm³/mol. The molecule has 0 bridgehead atoms. The first-order valence-electron chi connectivity index (χ1n) is 10.2. The Morgan fingerprint density at radius 3 is 2.63 bits per heavy atom. The minimum Gasteiger partial charge on any atom is -0.342 e. The summed E-state index contributed by atoms with van der Waals surface area (Å²) >= 11 is 0. The molecule has 4 aromatic rings. The molecule has 30 heavy (non-hydrogen) atoms. The highest BCUT2D eigenvalue weighted by molar-refractivity contribution is 5.80. The van der Waals surface area contributed by atoms with Gasteiger partial charge in [0.25, 0.3) is 0 Å². The topological polar surface area (TPSA) is 72.6 Å². The fourth-order valence-electron chi connectivity index (χ4n) is 4.21. The van der Waals surface area contributed by atoms with E-state index in [1.807, 2.05) is 41.2 Å². The molecule has 0 spiro atoms. The largest absolute Gasteiger partial charge is 0.342 e. The van der Waals surface area contributed by atoms with Crippen molar-refractivity contribution in [1.82, 2.24) is 29.7 Å². The number of pyridine rings is 1. The van der Waals surface area contributed by atoms with Crippen LogP contribution in [0.2, 0.25) is 0 Å². The van der Waals surface area contributed by atoms with E-state index in [2.05, 4.69) is 53.0 Å². The molecule has 0 fully saturated rings. The lowest BCUT2D eigenvalue weighted by Gasteiger charge is -2.39. The van der Waals surface area contributed by atoms with Crippen LogP contribution in [0.1, 0.15) is 39.1 Å². The third kappa shape index (κ3) is 2.85. The molecule has 3 aromatic heterocycles. The molecule has 7 heteroatoms. The molecule has 0 radical (unpaired) electrons. The van der Waals surface area contributed by atoms with Crippen LogP contribution in [0.4, 0.5) is 5.82 Å². The van der Waals surface area contributed by atoms with Gasteiger partial charge in [-0.25, -0.2) is 9.97 Å². The van der Waals surface area contributed by atoms with E-state index in [0.29, 0.717) is 5.82 Å². The van der Waals surface area contributed by atoms with E-state index in [9.17, 15) is 0 Å². The summed E-state index contributed by atoms with van der Waals surface area (Å²) in [6.45, 7) is 6.53. The van der Waals surface area contributed by atoms with Gasteiger partial charge in [-0.15, -0.1) is 10.2 Å². The summed E-state index contributed by atoms with van der Waals surface area (Å²) in [6, 6.07) is 12.6. The van der Waals surface area contributed by atoms with E-state index in [1.54, 1.807) is 12.5 Å². The Bertz CT molecular complexity index is 1180. The molecule has 7 nitrogen and oxygen atoms in total. The summed E-state index contributed by atoms with van der Waals surface area (Å²) in [5, 5.41) is 8.53. The highest BCUT2D eigenvalue weighted by atomic mass is 15.4. The molecule has 0 aliphatic carbocycles. The van der Waals surface area contributed by atoms with Crippen molar-refractivity contribution in [2.45, 2.75) is 39.3 Å². The molecule has 150 valence electrons. The fourth-order valence-corrected chi connectivity index (χ4v) is 4.21. The molecule has 0 N–H and O–H groups in total. The number of hydrogen-bond donors (Lipinski definition) is 0. The van der Waals surface area contributed by atoms with Gasteiger partial charge in [0.05, 0.1) is 12.2 Å². The molecular formula is C23H23N7. The van der Waals surface area contributed by atoms with Crippen molar-refractivity contribution in [3.63, 3.8) is 0 Å². The molecule has 1 aromatic carbocycles. The zero-order chi connectivity index (χ0) is 20.7. The molecule has 4 heterocycles. The van der Waals surface area contributed by atoms with Gasteiger partial charge in [-0.3, -0.25) is 9.55 Å². The second-order valence-electron chi connectivity index (χ2n) is 7.67. The zero-order valence-corrected chi connectivity index (χ0v) is 17.3. The van der Waals surface area contributed by atoms with Gasteiger partial charge in [-0.1, -0.05) is 37.3 Å². The molecule has 0 saturated heterocycles. The Hall–Kier alpha value is -3.61. The Balaban J connectivity index is 1.70. The first-order chi connectivity index (χ1) is 14.7. The Morgan fingerprint density at radius 1 is 1.03 bits per heavy atom. The van der Waals surface area contributed by atoms with Crippen molar-refractivity contribution in [3.05, 3.63) is 67.1 Å². The van der Waals surface area contributed by atoms with Crippen LogP contribution in [0.5, 0.6) is 0 Å². The van der Waals surface area contributed by atoms with E-state index in [-0.39, 0.29) is 12.1 Å². The first kappa shape index (κ1) is 18.4. The number of fused-ring (bicyclic) bond motifs is 3. The minimum atomic E-state index is 0.119. The average Bonchev–Trinajstić information content (AvgIpc) is 3.28. The van der Waals surface area contributed by atoms with Crippen molar-refractivity contribution in [3.8, 4) is 28.2 Å². The van der Waals surface area contributed by atoms with Crippen LogP contribution in [0.3, 0.4) is 0 Å². The predicted octanol–water partition coefficient (Wildman–Crippen LogP) is 4.47. The standard InChI is InChI=1S/C23H23N7/c1-4-19-23-28-26-14-29(23)20-13-25-21(27-22(20)30(19)15(2)3)17-10-11-24-12-18(17)16-8-6-5-7-9-16/h5-15,19H,4H2,1-3H3/t19-/m1/s1. The second kappa shape index (κ2) is 7.33. The quantitative estimate of drug-likeness (QED) is 0.506. The van der Waals surface area contributed by atoms with Crippen LogP contribution >= 0.6 is 0 Å². The highest BCUT2D eigenvalue weighted by Crippen LogP contribution is 2.40. The van der Waals surface area contributed by atoms with Gasteiger partial charge in [0.1, 0.15) is 12.0 Å². The van der Waals surface area contributed by atoms with Gasteiger partial charge in [0.15, 0.2) is 17.5 Å². The van der Waals surface area contributed by atoms with Crippen molar-refractivity contribution < 1.29 is 0 Å². The lowest BCUT2D eigenvalue weighted by atomic mass is 10.0. The maximum atomic E-state index is 5.06. The van der Waals surface area contributed by atoms with Crippen LogP contribution in [0, 0.1) is 0 Å². The Labute approximate surface area is 175 Å². The molecule has 1 aliphatic rings. The molecule has 0 saturated carbocycles. The van der Waals surface area contributed by atoms with E-state index < -0.39 is 0 Å². The molecule has 5 rings (SSSR count). The summed E-state index contributed by atoms with van der Waals surface area (Å²) in [4.78, 5) is 16.5. The summed E-state index contributed by atoms with van der Waals surface area (Å²) in [7, 11) is 0. The van der Waals surface area contributed by atoms with E-state index >= 15 is 0 Å². The van der Waals surface area contributed by atoms with Crippen LogP contribution in [-0.2, 0) is 0 Å². The minimum absolute atomic E-state index is 0.119. The highest BCUT2D eigenvalue weighted by Gasteiger charge is 2.35. The van der Waals surface area contributed by atoms with E-state index in [4.69, 9.17) is 9.97 Å². The molecule has 1 atom stereocenters. The molecular weight excluding hydrogens is 374 g/mol. The van der Waals surface area contributed by atoms with Gasteiger partial charge >= 0.3 is 0 Å². The third-order valence-electron chi connectivity index (χ3n) is 5.55. The third-order valence-corrected chi connectivity index (χ3v) is 5.55. The number of rotatable bonds is 4. The van der Waals surface area contributed by atoms with Crippen molar-refractivity contribution in [1.29, 1.82) is 0 Å². The fraction of sp³-hybridized carbons (Fsp3) is 0.261. The summed E-state index contributed by atoms with van der Waals surface area (Å²) in [5.41, 5.74) is 3.98. The Kier molecular flexibility index (Phi) is 4.50. The number of aromatic nitrogens is 6. The molecule has 0 amide bonds. The van der Waals surface area contributed by atoms with Crippen LogP contribution in [0.15, 0.2) is 61.3 Å². The second-order valence-corrected chi connectivity index (χ2v) is 7.67. The summed E-state index contributed by atoms with van der Waals surface area (Å²) < 4.78 is 2.01. The number of benzene rings is 1. The zero-order valence-electron chi connectivity index (χ0n) is 17.3. The molecule has 1 aliphatic heterocycles. The smallest absolute Gasteiger partial charge is 0.162 e. The van der Waals surface area contributed by atoms with Gasteiger partial charge in [0, 0.05) is 29.6 Å². The lowest BCUT2D eigenvalue weighted by Crippen LogP contribution is -2.40. The number of nitrogens with zero attached hydrogens (tertiary/aromatic N) is 7. The number of hydrogen-bond acceptors (Lipinski definition) is 6. The van der Waals surface area contributed by atoms with Gasteiger partial charge in [-0.2, -0.15) is 0 Å². The maximum Gasteiger partial charge on any atom is 0.162 e. The first-order valence-corrected chi connectivity index (χ1v) is 10.2. The maximum absolute atomic E-state index is 5.06. The van der Waals surface area contributed by atoms with Crippen molar-refractivity contribution in [2.75, 3.05) is 4.90 Å². The molecule has 0 unspecified atom stereocenters. The van der Waals surface area contributed by atoms with E-state index in [1.165, 1.54) is 0 Å². The SMILES string of the molecule is CC[C@@H]1c2nncn2-c2cnc(-c3ccncc3-c3ccccc3)nc2N1C(C)C. The Morgan fingerprint density at radius 2 is 1.87 bits per heavy atom. The summed E-state index contributed by atoms with van der Waals surface area (Å²) in [6.07, 6.45) is 8.21. The average molecular weight is 397 g/mol. The normalized spacial score (nSPS) is 15.2. The monoisotopic (exact) mass is 397 g/mol. The van der Waals surface area contributed by atoms with E-state index in [0.717, 1.165) is 40.4 Å². The van der Waals surface area contributed by atoms with Crippen LogP contribution in [-0.4, -0.2) is 35.8 Å². The lowest BCUT2D eigenvalue weighted by molar-refractivity contribution is 0.497. The van der Waals surface area contributed by atoms with Crippen molar-refractivity contribution in [2.24, 2.45) is 0 Å². The van der Waals surface area contributed by atoms with Gasteiger partial charge in [0.2, 0.25) is 0 Å². The van der Waals surface area contributed by atoms with Gasteiger partial charge in [-0.05, 0) is 31.9 Å². The van der Waals surface area contributed by atoms with Crippen LogP contribution < -0.4 is 4.90 Å². The van der Waals surface area contributed by atoms with Crippen molar-refractivity contribution >= 4 is 5.82 Å². The summed E-state index contributed by atoms with van der Waals surface area (Å²) in [5.74, 6) is 2.53.